The summed E-state index contributed by atoms with van der Waals surface area (Å²) >= 11 is 0. The van der Waals surface area contributed by atoms with Crippen LogP contribution in [0.3, 0.4) is 0 Å². The molecule has 0 unspecified atom stereocenters. The van der Waals surface area contributed by atoms with Gasteiger partial charge in [0.2, 0.25) is 0 Å². The smallest absolute Gasteiger partial charge is 0.131 e. The third-order valence-corrected chi connectivity index (χ3v) is 1.86. The Labute approximate surface area is 76.5 Å². The zero-order valence-electron chi connectivity index (χ0n) is 7.46. The van der Waals surface area contributed by atoms with E-state index in [4.69, 9.17) is 16.2 Å². The highest BCUT2D eigenvalue weighted by Crippen LogP contribution is 2.19. The Bertz CT molecular complexity index is 291. The average molecular weight is 184 g/mol. The van der Waals surface area contributed by atoms with E-state index in [9.17, 15) is 4.39 Å². The minimum Gasteiger partial charge on any atom is -0.497 e. The molecule has 13 heavy (non-hydrogen) atoms. The summed E-state index contributed by atoms with van der Waals surface area (Å²) < 4.78 is 18.1. The van der Waals surface area contributed by atoms with Crippen LogP contribution < -0.4 is 16.2 Å². The lowest BCUT2D eigenvalue weighted by molar-refractivity contribution is 0.410. The molecule has 0 aliphatic heterocycles. The summed E-state index contributed by atoms with van der Waals surface area (Å²) in [5, 5.41) is 0. The molecule has 4 heteroatoms. The fourth-order valence-electron chi connectivity index (χ4n) is 1.06. The van der Waals surface area contributed by atoms with E-state index in [1.807, 2.05) is 0 Å². The Balaban J connectivity index is 2.98. The standard InChI is InChI=1S/C9H13FN2O/c1-13-6-2-3-7(8(10)4-6)9(12)5-11/h2-4,9H,5,11-12H2,1H3/t9-/m1/s1. The van der Waals surface area contributed by atoms with Crippen LogP contribution in [0.25, 0.3) is 0 Å². The number of hydrogen-bond acceptors (Lipinski definition) is 3. The molecule has 0 heterocycles. The Morgan fingerprint density at radius 3 is 2.69 bits per heavy atom. The fourth-order valence-corrected chi connectivity index (χ4v) is 1.06. The second-order valence-corrected chi connectivity index (χ2v) is 2.73. The maximum absolute atomic E-state index is 13.3. The highest BCUT2D eigenvalue weighted by atomic mass is 19.1. The van der Waals surface area contributed by atoms with Crippen LogP contribution in [0.5, 0.6) is 5.75 Å². The van der Waals surface area contributed by atoms with Gasteiger partial charge < -0.3 is 16.2 Å². The SMILES string of the molecule is COc1ccc([C@H](N)CN)c(F)c1. The lowest BCUT2D eigenvalue weighted by atomic mass is 10.1. The molecule has 0 aliphatic rings. The van der Waals surface area contributed by atoms with Crippen molar-refractivity contribution in [3.05, 3.63) is 29.6 Å². The van der Waals surface area contributed by atoms with Crippen molar-refractivity contribution in [3.8, 4) is 5.75 Å². The van der Waals surface area contributed by atoms with Crippen molar-refractivity contribution >= 4 is 0 Å². The number of benzene rings is 1. The number of methoxy groups -OCH3 is 1. The minimum absolute atomic E-state index is 0.225. The zero-order valence-corrected chi connectivity index (χ0v) is 7.46. The monoisotopic (exact) mass is 184 g/mol. The van der Waals surface area contributed by atoms with Crippen molar-refractivity contribution in [2.75, 3.05) is 13.7 Å². The van der Waals surface area contributed by atoms with Crippen molar-refractivity contribution in [2.45, 2.75) is 6.04 Å². The van der Waals surface area contributed by atoms with Crippen LogP contribution in [0.15, 0.2) is 18.2 Å². The topological polar surface area (TPSA) is 61.3 Å². The van der Waals surface area contributed by atoms with E-state index in [0.717, 1.165) is 0 Å². The second kappa shape index (κ2) is 4.20. The lowest BCUT2D eigenvalue weighted by Crippen LogP contribution is -2.21. The van der Waals surface area contributed by atoms with Crippen LogP contribution in [-0.2, 0) is 0 Å². The molecule has 0 radical (unpaired) electrons. The summed E-state index contributed by atoms with van der Waals surface area (Å²) in [5.41, 5.74) is 11.3. The highest BCUT2D eigenvalue weighted by Gasteiger charge is 2.09. The third-order valence-electron chi connectivity index (χ3n) is 1.86. The first-order valence-electron chi connectivity index (χ1n) is 3.98. The van der Waals surface area contributed by atoms with Crippen LogP contribution >= 0.6 is 0 Å². The van der Waals surface area contributed by atoms with Crippen LogP contribution in [0.4, 0.5) is 4.39 Å². The van der Waals surface area contributed by atoms with E-state index in [0.29, 0.717) is 11.3 Å². The lowest BCUT2D eigenvalue weighted by Gasteiger charge is -2.10. The Morgan fingerprint density at radius 2 is 2.23 bits per heavy atom. The number of hydrogen-bond donors (Lipinski definition) is 2. The van der Waals surface area contributed by atoms with Gasteiger partial charge in [-0.25, -0.2) is 4.39 Å². The second-order valence-electron chi connectivity index (χ2n) is 2.73. The molecule has 0 saturated carbocycles. The summed E-state index contributed by atoms with van der Waals surface area (Å²) in [6.45, 7) is 0.225. The molecule has 0 aliphatic carbocycles. The molecule has 0 saturated heterocycles. The number of halogens is 1. The van der Waals surface area contributed by atoms with E-state index in [1.54, 1.807) is 12.1 Å². The van der Waals surface area contributed by atoms with Crippen LogP contribution in [0.1, 0.15) is 11.6 Å². The molecular weight excluding hydrogens is 171 g/mol. The van der Waals surface area contributed by atoms with Crippen molar-refractivity contribution in [3.63, 3.8) is 0 Å². The van der Waals surface area contributed by atoms with Crippen molar-refractivity contribution in [1.29, 1.82) is 0 Å². The van der Waals surface area contributed by atoms with E-state index in [2.05, 4.69) is 0 Å². The van der Waals surface area contributed by atoms with E-state index < -0.39 is 6.04 Å². The van der Waals surface area contributed by atoms with Crippen LogP contribution in [0.2, 0.25) is 0 Å². The number of nitrogens with two attached hydrogens (primary N) is 2. The minimum atomic E-state index is -0.453. The molecule has 72 valence electrons. The molecule has 0 amide bonds. The molecule has 0 aromatic heterocycles. The largest absolute Gasteiger partial charge is 0.497 e. The van der Waals surface area contributed by atoms with Gasteiger partial charge in [-0.05, 0) is 6.07 Å². The summed E-state index contributed by atoms with van der Waals surface area (Å²) in [6, 6.07) is 4.09. The molecule has 0 spiro atoms. The maximum atomic E-state index is 13.3. The summed E-state index contributed by atoms with van der Waals surface area (Å²) in [6.07, 6.45) is 0. The molecule has 3 nitrogen and oxygen atoms in total. The van der Waals surface area contributed by atoms with Gasteiger partial charge in [-0.15, -0.1) is 0 Å². The van der Waals surface area contributed by atoms with Gasteiger partial charge in [-0.3, -0.25) is 0 Å². The normalized spacial score (nSPS) is 12.6. The van der Waals surface area contributed by atoms with Crippen molar-refractivity contribution in [2.24, 2.45) is 11.5 Å². The first-order chi connectivity index (χ1) is 6.19. The number of ether oxygens (including phenoxy) is 1. The number of rotatable bonds is 3. The van der Waals surface area contributed by atoms with E-state index >= 15 is 0 Å². The quantitative estimate of drug-likeness (QED) is 0.730. The molecular formula is C9H13FN2O. The fraction of sp³-hybridized carbons (Fsp3) is 0.333. The predicted octanol–water partition coefficient (Wildman–Crippen LogP) is 0.793. The third kappa shape index (κ3) is 2.17. The van der Waals surface area contributed by atoms with Gasteiger partial charge in [0.15, 0.2) is 0 Å². The first-order valence-corrected chi connectivity index (χ1v) is 3.98. The molecule has 1 aromatic rings. The molecule has 1 atom stereocenters. The summed E-state index contributed by atoms with van der Waals surface area (Å²) in [4.78, 5) is 0. The highest BCUT2D eigenvalue weighted by molar-refractivity contribution is 5.30. The molecule has 1 aromatic carbocycles. The summed E-state index contributed by atoms with van der Waals surface area (Å²) in [5.74, 6) is 0.0998. The first kappa shape index (κ1) is 9.95. The van der Waals surface area contributed by atoms with Gasteiger partial charge in [-0.2, -0.15) is 0 Å². The Hall–Kier alpha value is -1.13. The maximum Gasteiger partial charge on any atom is 0.131 e. The summed E-state index contributed by atoms with van der Waals surface area (Å²) in [7, 11) is 1.48. The van der Waals surface area contributed by atoms with Gasteiger partial charge in [0.05, 0.1) is 7.11 Å². The average Bonchev–Trinajstić information content (AvgIpc) is 2.16. The molecule has 1 rings (SSSR count). The molecule has 4 N–H and O–H groups in total. The van der Waals surface area contributed by atoms with Gasteiger partial charge in [0, 0.05) is 24.2 Å². The van der Waals surface area contributed by atoms with Gasteiger partial charge in [0.1, 0.15) is 11.6 Å². The van der Waals surface area contributed by atoms with Crippen molar-refractivity contribution < 1.29 is 9.13 Å². The van der Waals surface area contributed by atoms with Crippen molar-refractivity contribution in [1.82, 2.24) is 0 Å². The Morgan fingerprint density at radius 1 is 1.54 bits per heavy atom. The molecule has 0 fully saturated rings. The van der Waals surface area contributed by atoms with Gasteiger partial charge in [-0.1, -0.05) is 6.07 Å². The predicted molar refractivity (Wildman–Crippen MR) is 48.9 cm³/mol. The van der Waals surface area contributed by atoms with Crippen LogP contribution in [-0.4, -0.2) is 13.7 Å². The van der Waals surface area contributed by atoms with E-state index in [-0.39, 0.29) is 12.4 Å². The molecule has 0 bridgehead atoms. The zero-order chi connectivity index (χ0) is 9.84. The van der Waals surface area contributed by atoms with Crippen LogP contribution in [0, 0.1) is 5.82 Å². The Kier molecular flexibility index (Phi) is 3.22. The van der Waals surface area contributed by atoms with Gasteiger partial charge >= 0.3 is 0 Å². The van der Waals surface area contributed by atoms with Gasteiger partial charge in [0.25, 0.3) is 0 Å². The van der Waals surface area contributed by atoms with E-state index in [1.165, 1.54) is 13.2 Å².